The van der Waals surface area contributed by atoms with Crippen molar-refractivity contribution < 1.29 is 4.42 Å². The molecule has 4 rings (SSSR count). The minimum atomic E-state index is 0.866. The first-order valence-corrected chi connectivity index (χ1v) is 8.73. The molecule has 0 radical (unpaired) electrons. The van der Waals surface area contributed by atoms with Crippen LogP contribution in [0.25, 0.3) is 11.0 Å². The van der Waals surface area contributed by atoms with Crippen LogP contribution in [0, 0.1) is 0 Å². The maximum Gasteiger partial charge on any atom is 0.134 e. The summed E-state index contributed by atoms with van der Waals surface area (Å²) in [5, 5.41) is 4.49. The molecule has 0 spiro atoms. The average Bonchev–Trinajstić information content (AvgIpc) is 3.28. The van der Waals surface area contributed by atoms with Gasteiger partial charge in [-0.05, 0) is 49.1 Å². The van der Waals surface area contributed by atoms with Gasteiger partial charge in [0.25, 0.3) is 0 Å². The molecule has 122 valence electrons. The van der Waals surface area contributed by atoms with Crippen molar-refractivity contribution in [2.45, 2.75) is 25.7 Å². The summed E-state index contributed by atoms with van der Waals surface area (Å²) < 4.78 is 5.98. The Morgan fingerprint density at radius 3 is 2.67 bits per heavy atom. The van der Waals surface area contributed by atoms with E-state index in [0.29, 0.717) is 0 Å². The third-order valence-electron chi connectivity index (χ3n) is 4.50. The lowest BCUT2D eigenvalue weighted by Crippen LogP contribution is -2.19. The van der Waals surface area contributed by atoms with Crippen LogP contribution in [0.3, 0.4) is 0 Å². The van der Waals surface area contributed by atoms with Gasteiger partial charge in [0.05, 0.1) is 6.54 Å². The average molecular weight is 318 g/mol. The predicted octanol–water partition coefficient (Wildman–Crippen LogP) is 4.35. The molecule has 1 aromatic heterocycles. The highest BCUT2D eigenvalue weighted by atomic mass is 16.3. The topological polar surface area (TPSA) is 37.5 Å². The lowest BCUT2D eigenvalue weighted by atomic mass is 10.1. The summed E-state index contributed by atoms with van der Waals surface area (Å²) in [6, 6.07) is 19.2. The third kappa shape index (κ3) is 3.35. The minimum absolute atomic E-state index is 0.866. The van der Waals surface area contributed by atoms with Crippen LogP contribution in [0.2, 0.25) is 0 Å². The van der Waals surface area contributed by atoms with Crippen LogP contribution < -0.4 is 5.32 Å². The summed E-state index contributed by atoms with van der Waals surface area (Å²) in [7, 11) is 0. The molecule has 0 amide bonds. The summed E-state index contributed by atoms with van der Waals surface area (Å²) in [6.07, 6.45) is 4.47. The second-order valence-corrected chi connectivity index (χ2v) is 6.32. The van der Waals surface area contributed by atoms with Crippen molar-refractivity contribution in [3.05, 3.63) is 71.5 Å². The molecule has 0 fully saturated rings. The normalized spacial score (nSPS) is 13.9. The Bertz CT molecular complexity index is 849. The van der Waals surface area contributed by atoms with E-state index in [0.717, 1.165) is 55.1 Å². The third-order valence-corrected chi connectivity index (χ3v) is 4.50. The van der Waals surface area contributed by atoms with E-state index in [4.69, 9.17) is 4.42 Å². The molecule has 24 heavy (non-hydrogen) atoms. The summed E-state index contributed by atoms with van der Waals surface area (Å²) >= 11 is 0. The number of furan rings is 1. The molecule has 0 unspecified atom stereocenters. The zero-order valence-corrected chi connectivity index (χ0v) is 13.8. The molecule has 0 bridgehead atoms. The van der Waals surface area contributed by atoms with Gasteiger partial charge in [0.2, 0.25) is 0 Å². The summed E-state index contributed by atoms with van der Waals surface area (Å²) in [4.78, 5) is 4.48. The number of nitrogens with one attached hydrogen (secondary N) is 1. The van der Waals surface area contributed by atoms with Gasteiger partial charge in [-0.3, -0.25) is 4.99 Å². The number of amidine groups is 1. The zero-order chi connectivity index (χ0) is 16.2. The smallest absolute Gasteiger partial charge is 0.134 e. The number of rotatable bonds is 6. The number of hydrogen-bond acceptors (Lipinski definition) is 3. The fourth-order valence-electron chi connectivity index (χ4n) is 3.23. The molecule has 3 nitrogen and oxygen atoms in total. The number of fused-ring (bicyclic) bond motifs is 1. The largest absolute Gasteiger partial charge is 0.461 e. The van der Waals surface area contributed by atoms with Crippen LogP contribution in [0.15, 0.2) is 64.0 Å². The number of unbranched alkanes of at least 4 members (excludes halogenated alkanes) is 1. The minimum Gasteiger partial charge on any atom is -0.461 e. The summed E-state index contributed by atoms with van der Waals surface area (Å²) in [6.45, 7) is 1.80. The van der Waals surface area contributed by atoms with Gasteiger partial charge in [-0.2, -0.15) is 0 Å². The Morgan fingerprint density at radius 1 is 0.958 bits per heavy atom. The molecular formula is C21H22N2O. The number of aryl methyl sites for hydroxylation is 2. The lowest BCUT2D eigenvalue weighted by molar-refractivity contribution is 0.532. The molecule has 3 heteroatoms. The zero-order valence-electron chi connectivity index (χ0n) is 13.8. The van der Waals surface area contributed by atoms with E-state index in [9.17, 15) is 0 Å². The maximum absolute atomic E-state index is 5.98. The van der Waals surface area contributed by atoms with E-state index in [1.807, 2.05) is 0 Å². The highest BCUT2D eigenvalue weighted by Gasteiger charge is 2.10. The van der Waals surface area contributed by atoms with E-state index < -0.39 is 0 Å². The van der Waals surface area contributed by atoms with E-state index in [-0.39, 0.29) is 0 Å². The molecule has 2 aromatic carbocycles. The first-order chi connectivity index (χ1) is 11.9. The summed E-state index contributed by atoms with van der Waals surface area (Å²) in [5.41, 5.74) is 3.53. The maximum atomic E-state index is 5.98. The Kier molecular flexibility index (Phi) is 4.32. The fraction of sp³-hybridized carbons (Fsp3) is 0.286. The monoisotopic (exact) mass is 318 g/mol. The van der Waals surface area contributed by atoms with Crippen molar-refractivity contribution in [3.63, 3.8) is 0 Å². The van der Waals surface area contributed by atoms with Crippen molar-refractivity contribution in [1.82, 2.24) is 5.32 Å². The predicted molar refractivity (Wildman–Crippen MR) is 98.7 cm³/mol. The van der Waals surface area contributed by atoms with E-state index in [2.05, 4.69) is 64.9 Å². The van der Waals surface area contributed by atoms with Crippen molar-refractivity contribution in [1.29, 1.82) is 0 Å². The molecule has 0 aliphatic carbocycles. The standard InChI is InChI=1S/C21H22N2O/c1-2-6-16(7-3-1)8-4-5-9-19-15-18-14-17(10-11-20(18)24-19)21-22-12-13-23-21/h1-3,6-7,10-11,14-15H,4-5,8-9,12-13H2,(H,22,23). The number of aliphatic imine (C=N–C) groups is 1. The Morgan fingerprint density at radius 2 is 1.83 bits per heavy atom. The molecule has 1 aliphatic rings. The first-order valence-electron chi connectivity index (χ1n) is 8.73. The number of hydrogen-bond donors (Lipinski definition) is 1. The summed E-state index contributed by atoms with van der Waals surface area (Å²) in [5.74, 6) is 2.08. The van der Waals surface area contributed by atoms with Gasteiger partial charge in [0.1, 0.15) is 17.2 Å². The van der Waals surface area contributed by atoms with Gasteiger partial charge in [0.15, 0.2) is 0 Å². The van der Waals surface area contributed by atoms with Crippen molar-refractivity contribution >= 4 is 16.8 Å². The van der Waals surface area contributed by atoms with Gasteiger partial charge in [-0.25, -0.2) is 0 Å². The second-order valence-electron chi connectivity index (χ2n) is 6.32. The van der Waals surface area contributed by atoms with Gasteiger partial charge in [0, 0.05) is 23.9 Å². The molecule has 1 N–H and O–H groups in total. The van der Waals surface area contributed by atoms with Crippen molar-refractivity contribution in [2.75, 3.05) is 13.1 Å². The molecule has 0 saturated carbocycles. The Labute approximate surface area is 142 Å². The lowest BCUT2D eigenvalue weighted by Gasteiger charge is -2.01. The van der Waals surface area contributed by atoms with Crippen LogP contribution in [0.4, 0.5) is 0 Å². The van der Waals surface area contributed by atoms with E-state index in [1.165, 1.54) is 17.4 Å². The van der Waals surface area contributed by atoms with Crippen LogP contribution in [-0.2, 0) is 12.8 Å². The molecule has 3 aromatic rings. The van der Waals surface area contributed by atoms with Gasteiger partial charge in [-0.1, -0.05) is 30.3 Å². The van der Waals surface area contributed by atoms with E-state index >= 15 is 0 Å². The molecular weight excluding hydrogens is 296 g/mol. The van der Waals surface area contributed by atoms with Crippen molar-refractivity contribution in [3.8, 4) is 0 Å². The highest BCUT2D eigenvalue weighted by Crippen LogP contribution is 2.23. The molecule has 0 atom stereocenters. The van der Waals surface area contributed by atoms with Crippen LogP contribution in [0.5, 0.6) is 0 Å². The molecule has 2 heterocycles. The van der Waals surface area contributed by atoms with Crippen LogP contribution in [0.1, 0.15) is 29.7 Å². The SMILES string of the molecule is c1ccc(CCCCc2cc3cc(C4=NCCN4)ccc3o2)cc1. The van der Waals surface area contributed by atoms with Crippen LogP contribution >= 0.6 is 0 Å². The van der Waals surface area contributed by atoms with Gasteiger partial charge in [-0.15, -0.1) is 0 Å². The molecule has 0 saturated heterocycles. The van der Waals surface area contributed by atoms with Gasteiger partial charge >= 0.3 is 0 Å². The second kappa shape index (κ2) is 6.91. The molecule has 1 aliphatic heterocycles. The Hall–Kier alpha value is -2.55. The van der Waals surface area contributed by atoms with Crippen LogP contribution in [-0.4, -0.2) is 18.9 Å². The highest BCUT2D eigenvalue weighted by molar-refractivity contribution is 6.02. The van der Waals surface area contributed by atoms with Crippen molar-refractivity contribution in [2.24, 2.45) is 4.99 Å². The quantitative estimate of drug-likeness (QED) is 0.686. The first kappa shape index (κ1) is 15.0. The number of benzene rings is 2. The Balaban J connectivity index is 1.38. The van der Waals surface area contributed by atoms with E-state index in [1.54, 1.807) is 0 Å². The fourth-order valence-corrected chi connectivity index (χ4v) is 3.23. The van der Waals surface area contributed by atoms with Gasteiger partial charge < -0.3 is 9.73 Å². The number of nitrogens with zero attached hydrogens (tertiary/aromatic N) is 1.